The highest BCUT2D eigenvalue weighted by Gasteiger charge is 2.11. The van der Waals surface area contributed by atoms with E-state index in [9.17, 15) is 0 Å². The molecule has 3 aromatic rings. The summed E-state index contributed by atoms with van der Waals surface area (Å²) in [5, 5.41) is 12.1. The Morgan fingerprint density at radius 2 is 2.16 bits per heavy atom. The van der Waals surface area contributed by atoms with E-state index in [2.05, 4.69) is 35.5 Å². The molecule has 0 spiro atoms. The Morgan fingerprint density at radius 3 is 2.84 bits per heavy atom. The second-order valence-electron chi connectivity index (χ2n) is 3.34. The minimum Gasteiger partial charge on any atom is -0.274 e. The van der Waals surface area contributed by atoms with Crippen LogP contribution in [0.1, 0.15) is 0 Å². The molecule has 11 heteroatoms. The number of nitrogens with zero attached hydrogens (tertiary/aromatic N) is 9. The van der Waals surface area contributed by atoms with Crippen LogP contribution in [0.3, 0.4) is 0 Å². The van der Waals surface area contributed by atoms with E-state index < -0.39 is 0 Å². The lowest BCUT2D eigenvalue weighted by molar-refractivity contribution is 0.663. The lowest BCUT2D eigenvalue weighted by Crippen LogP contribution is -2.03. The van der Waals surface area contributed by atoms with Gasteiger partial charge in [-0.2, -0.15) is 15.0 Å². The first-order valence-electron chi connectivity index (χ1n) is 5.02. The number of hydrogen-bond donors (Lipinski definition) is 0. The van der Waals surface area contributed by atoms with Gasteiger partial charge in [-0.3, -0.25) is 4.57 Å². The molecule has 96 valence electrons. The molecule has 0 aliphatic rings. The van der Waals surface area contributed by atoms with Gasteiger partial charge in [0.1, 0.15) is 6.33 Å². The number of aromatic nitrogens is 9. The lowest BCUT2D eigenvalue weighted by atomic mass is 10.8. The van der Waals surface area contributed by atoms with Crippen LogP contribution in [0, 0.1) is 0 Å². The Morgan fingerprint density at radius 1 is 1.26 bits per heavy atom. The molecular formula is C8H6ClN9S. The zero-order chi connectivity index (χ0) is 13.2. The van der Waals surface area contributed by atoms with E-state index in [1.807, 2.05) is 0 Å². The quantitative estimate of drug-likeness (QED) is 0.684. The van der Waals surface area contributed by atoms with Crippen LogP contribution in [0.5, 0.6) is 0 Å². The van der Waals surface area contributed by atoms with Crippen LogP contribution >= 0.6 is 23.4 Å². The molecule has 0 radical (unpaired) electrons. The Labute approximate surface area is 116 Å². The van der Waals surface area contributed by atoms with Gasteiger partial charge in [-0.25, -0.2) is 9.67 Å². The van der Waals surface area contributed by atoms with Crippen LogP contribution in [-0.2, 0) is 7.05 Å². The summed E-state index contributed by atoms with van der Waals surface area (Å²) in [7, 11) is 1.72. The zero-order valence-electron chi connectivity index (χ0n) is 9.54. The maximum atomic E-state index is 5.88. The Bertz CT molecular complexity index is 694. The summed E-state index contributed by atoms with van der Waals surface area (Å²) in [4.78, 5) is 16.2. The summed E-state index contributed by atoms with van der Waals surface area (Å²) in [6.07, 6.45) is 4.91. The maximum absolute atomic E-state index is 5.88. The topological polar surface area (TPSA) is 100 Å². The molecule has 0 N–H and O–H groups in total. The van der Waals surface area contributed by atoms with Crippen LogP contribution in [0.25, 0.3) is 5.95 Å². The fourth-order valence-corrected chi connectivity index (χ4v) is 2.12. The third-order valence-corrected chi connectivity index (χ3v) is 3.14. The summed E-state index contributed by atoms with van der Waals surface area (Å²) >= 11 is 7.07. The summed E-state index contributed by atoms with van der Waals surface area (Å²) in [5.41, 5.74) is 0. The van der Waals surface area contributed by atoms with Crippen molar-refractivity contribution in [3.8, 4) is 5.95 Å². The molecule has 0 aliphatic heterocycles. The Hall–Kier alpha value is -2.07. The summed E-state index contributed by atoms with van der Waals surface area (Å²) < 4.78 is 3.14. The number of aryl methyl sites for hydroxylation is 1. The van der Waals surface area contributed by atoms with E-state index in [-0.39, 0.29) is 5.28 Å². The predicted molar refractivity (Wildman–Crippen MR) is 64.9 cm³/mol. The molecule has 0 amide bonds. The molecule has 0 atom stereocenters. The molecule has 0 saturated carbocycles. The van der Waals surface area contributed by atoms with Gasteiger partial charge in [-0.05, 0) is 33.8 Å². The van der Waals surface area contributed by atoms with Gasteiger partial charge in [-0.1, -0.05) is 0 Å². The minimum atomic E-state index is 0.0938. The second kappa shape index (κ2) is 4.90. The van der Waals surface area contributed by atoms with Gasteiger partial charge in [0, 0.05) is 19.4 Å². The van der Waals surface area contributed by atoms with Crippen molar-refractivity contribution in [3.63, 3.8) is 0 Å². The zero-order valence-corrected chi connectivity index (χ0v) is 11.1. The molecule has 0 aliphatic carbocycles. The number of imidazole rings is 1. The standard InChI is InChI=1S/C8H6ClN9S/c1-17-8(14-15-16-17)19-7-12-5(9)11-6(13-7)18-3-2-10-4-18/h2-4H,1H3. The van der Waals surface area contributed by atoms with Gasteiger partial charge in [0.2, 0.25) is 21.5 Å². The first kappa shape index (κ1) is 12.0. The number of hydrogen-bond acceptors (Lipinski definition) is 8. The summed E-state index contributed by atoms with van der Waals surface area (Å²) in [6, 6.07) is 0. The first-order valence-corrected chi connectivity index (χ1v) is 6.22. The smallest absolute Gasteiger partial charge is 0.240 e. The molecule has 0 bridgehead atoms. The highest BCUT2D eigenvalue weighted by molar-refractivity contribution is 7.99. The number of tetrazole rings is 1. The van der Waals surface area contributed by atoms with Crippen molar-refractivity contribution in [1.29, 1.82) is 0 Å². The maximum Gasteiger partial charge on any atom is 0.240 e. The fourth-order valence-electron chi connectivity index (χ4n) is 1.25. The average molecular weight is 296 g/mol. The third kappa shape index (κ3) is 2.53. The molecular weight excluding hydrogens is 290 g/mol. The van der Waals surface area contributed by atoms with Gasteiger partial charge in [-0.15, -0.1) is 5.10 Å². The van der Waals surface area contributed by atoms with Crippen LogP contribution in [-0.4, -0.2) is 44.7 Å². The predicted octanol–water partition coefficient (Wildman–Crippen LogP) is 0.385. The fraction of sp³-hybridized carbons (Fsp3) is 0.125. The lowest BCUT2D eigenvalue weighted by Gasteiger charge is -2.03. The molecule has 3 heterocycles. The van der Waals surface area contributed by atoms with E-state index in [0.29, 0.717) is 16.3 Å². The minimum absolute atomic E-state index is 0.0938. The van der Waals surface area contributed by atoms with Crippen molar-refractivity contribution in [3.05, 3.63) is 24.0 Å². The van der Waals surface area contributed by atoms with Crippen LogP contribution in [0.15, 0.2) is 29.0 Å². The van der Waals surface area contributed by atoms with E-state index in [1.54, 1.807) is 30.3 Å². The van der Waals surface area contributed by atoms with Gasteiger partial charge in [0.05, 0.1) is 0 Å². The van der Waals surface area contributed by atoms with Crippen LogP contribution < -0.4 is 0 Å². The first-order chi connectivity index (χ1) is 9.22. The third-order valence-electron chi connectivity index (χ3n) is 2.07. The number of rotatable bonds is 3. The molecule has 0 fully saturated rings. The molecule has 3 aromatic heterocycles. The van der Waals surface area contributed by atoms with Crippen molar-refractivity contribution >= 4 is 23.4 Å². The van der Waals surface area contributed by atoms with Gasteiger partial charge >= 0.3 is 0 Å². The van der Waals surface area contributed by atoms with Gasteiger partial charge < -0.3 is 0 Å². The molecule has 0 aromatic carbocycles. The summed E-state index contributed by atoms with van der Waals surface area (Å²) in [5.74, 6) is 0.384. The Balaban J connectivity index is 1.96. The van der Waals surface area contributed by atoms with Crippen molar-refractivity contribution in [2.45, 2.75) is 10.3 Å². The highest BCUT2D eigenvalue weighted by Crippen LogP contribution is 2.22. The van der Waals surface area contributed by atoms with E-state index in [0.717, 1.165) is 0 Å². The van der Waals surface area contributed by atoms with Crippen molar-refractivity contribution in [2.75, 3.05) is 0 Å². The van der Waals surface area contributed by atoms with Crippen molar-refractivity contribution in [2.24, 2.45) is 7.05 Å². The average Bonchev–Trinajstić information content (AvgIpc) is 3.01. The van der Waals surface area contributed by atoms with E-state index in [4.69, 9.17) is 11.6 Å². The Kier molecular flexibility index (Phi) is 3.09. The molecule has 0 unspecified atom stereocenters. The second-order valence-corrected chi connectivity index (χ2v) is 4.62. The molecule has 9 nitrogen and oxygen atoms in total. The van der Waals surface area contributed by atoms with Gasteiger partial charge in [0.25, 0.3) is 0 Å². The summed E-state index contributed by atoms with van der Waals surface area (Å²) in [6.45, 7) is 0. The van der Waals surface area contributed by atoms with Crippen LogP contribution in [0.2, 0.25) is 5.28 Å². The normalized spacial score (nSPS) is 10.8. The number of halogens is 1. The SMILES string of the molecule is Cn1nnnc1Sc1nc(Cl)nc(-n2ccnc2)n1. The van der Waals surface area contributed by atoms with Crippen LogP contribution in [0.4, 0.5) is 0 Å². The van der Waals surface area contributed by atoms with E-state index >= 15 is 0 Å². The molecule has 19 heavy (non-hydrogen) atoms. The molecule has 3 rings (SSSR count). The van der Waals surface area contributed by atoms with E-state index in [1.165, 1.54) is 16.4 Å². The van der Waals surface area contributed by atoms with Gasteiger partial charge in [0.15, 0.2) is 0 Å². The monoisotopic (exact) mass is 295 g/mol. The highest BCUT2D eigenvalue weighted by atomic mass is 35.5. The van der Waals surface area contributed by atoms with Crippen molar-refractivity contribution < 1.29 is 0 Å². The van der Waals surface area contributed by atoms with Crippen molar-refractivity contribution in [1.82, 2.24) is 44.7 Å². The largest absolute Gasteiger partial charge is 0.274 e. The molecule has 0 saturated heterocycles.